The minimum Gasteiger partial charge on any atom is -0.0773 e. The van der Waals surface area contributed by atoms with Crippen molar-refractivity contribution in [1.29, 1.82) is 0 Å². The fraction of sp³-hybridized carbons (Fsp3) is 0.0769. The van der Waals surface area contributed by atoms with Crippen LogP contribution in [0, 0.1) is 6.92 Å². The molecule has 0 spiro atoms. The highest BCUT2D eigenvalue weighted by atomic mass is 14.1. The summed E-state index contributed by atoms with van der Waals surface area (Å²) in [7, 11) is 0. The number of hydrogen-bond acceptors (Lipinski definition) is 0. The van der Waals surface area contributed by atoms with E-state index in [1.165, 1.54) is 38.7 Å². The summed E-state index contributed by atoms with van der Waals surface area (Å²) in [4.78, 5) is 0. The predicted octanol–water partition coefficient (Wildman–Crippen LogP) is 5.57. The van der Waals surface area contributed by atoms with Crippen molar-refractivity contribution >= 4 is 17.6 Å². The molecule has 0 N–H and O–H groups in total. The van der Waals surface area contributed by atoms with E-state index in [9.17, 15) is 0 Å². The average molecular weight is 346 g/mol. The van der Waals surface area contributed by atoms with Crippen molar-refractivity contribution in [2.75, 3.05) is 0 Å². The van der Waals surface area contributed by atoms with Gasteiger partial charge in [0.2, 0.25) is 6.71 Å². The summed E-state index contributed by atoms with van der Waals surface area (Å²) < 4.78 is 0. The van der Waals surface area contributed by atoms with Gasteiger partial charge < -0.3 is 0 Å². The predicted molar refractivity (Wildman–Crippen MR) is 119 cm³/mol. The van der Waals surface area contributed by atoms with Crippen LogP contribution in [-0.2, 0) is 0 Å². The van der Waals surface area contributed by atoms with Crippen molar-refractivity contribution < 1.29 is 0 Å². The van der Waals surface area contributed by atoms with Gasteiger partial charge in [-0.1, -0.05) is 126 Å². The molecule has 0 nitrogen and oxygen atoms in total. The maximum atomic E-state index is 2.33. The highest BCUT2D eigenvalue weighted by Crippen LogP contribution is 2.25. The highest BCUT2D eigenvalue weighted by Gasteiger charge is 2.22. The van der Waals surface area contributed by atoms with Crippen LogP contribution in [0.4, 0.5) is 0 Å². The normalized spacial score (nSPS) is 10.6. The molecule has 0 saturated heterocycles. The summed E-state index contributed by atoms with van der Waals surface area (Å²) >= 11 is 0. The van der Waals surface area contributed by atoms with Gasteiger partial charge in [-0.2, -0.15) is 0 Å². The van der Waals surface area contributed by atoms with Gasteiger partial charge in [0.25, 0.3) is 0 Å². The largest absolute Gasteiger partial charge is 0.208 e. The van der Waals surface area contributed by atoms with E-state index in [1.807, 2.05) is 0 Å². The van der Waals surface area contributed by atoms with Crippen molar-refractivity contribution in [1.82, 2.24) is 0 Å². The lowest BCUT2D eigenvalue weighted by Crippen LogP contribution is -2.42. The average Bonchev–Trinajstić information content (AvgIpc) is 2.74. The lowest BCUT2D eigenvalue weighted by molar-refractivity contribution is 1.51. The second-order valence-electron chi connectivity index (χ2n) is 7.08. The highest BCUT2D eigenvalue weighted by molar-refractivity contribution is 6.86. The summed E-state index contributed by atoms with van der Waals surface area (Å²) in [5.41, 5.74) is 9.28. The second-order valence-corrected chi connectivity index (χ2v) is 7.08. The molecule has 0 radical (unpaired) electrons. The first-order chi connectivity index (χ1) is 13.3. The summed E-state index contributed by atoms with van der Waals surface area (Å²) in [6.45, 7) is 4.84. The molecule has 0 aliphatic rings. The van der Waals surface area contributed by atoms with Crippen LogP contribution in [0.2, 0.25) is 6.82 Å². The van der Waals surface area contributed by atoms with E-state index in [0.29, 0.717) is 6.71 Å². The Bertz CT molecular complexity index is 978. The molecule has 27 heavy (non-hydrogen) atoms. The van der Waals surface area contributed by atoms with Gasteiger partial charge in [0.05, 0.1) is 0 Å². The topological polar surface area (TPSA) is 0 Å². The van der Waals surface area contributed by atoms with E-state index in [2.05, 4.69) is 117 Å². The number of hydrogen-bond donors (Lipinski definition) is 0. The SMILES string of the molecule is CB(c1ccccc1C)c1c(-c2ccccc2)cccc1-c1ccccc1. The van der Waals surface area contributed by atoms with Crippen LogP contribution in [0.25, 0.3) is 22.3 Å². The summed E-state index contributed by atoms with van der Waals surface area (Å²) in [6, 6.07) is 36.9. The van der Waals surface area contributed by atoms with Gasteiger partial charge in [0.1, 0.15) is 0 Å². The Morgan fingerprint density at radius 1 is 0.519 bits per heavy atom. The second kappa shape index (κ2) is 7.67. The van der Waals surface area contributed by atoms with Crippen LogP contribution in [0.15, 0.2) is 103 Å². The third kappa shape index (κ3) is 3.46. The van der Waals surface area contributed by atoms with Crippen LogP contribution >= 0.6 is 0 Å². The molecule has 0 fully saturated rings. The number of benzene rings is 4. The molecule has 0 bridgehead atoms. The van der Waals surface area contributed by atoms with E-state index < -0.39 is 0 Å². The molecule has 1 heteroatoms. The third-order valence-corrected chi connectivity index (χ3v) is 5.36. The first kappa shape index (κ1) is 17.4. The number of aryl methyl sites for hydroxylation is 1. The Labute approximate surface area is 162 Å². The Balaban J connectivity index is 1.98. The van der Waals surface area contributed by atoms with Crippen molar-refractivity contribution in [3.63, 3.8) is 0 Å². The molecule has 0 heterocycles. The minimum atomic E-state index is 0.304. The Morgan fingerprint density at radius 2 is 1.00 bits per heavy atom. The van der Waals surface area contributed by atoms with Crippen LogP contribution in [0.5, 0.6) is 0 Å². The summed E-state index contributed by atoms with van der Waals surface area (Å²) in [5, 5.41) is 0. The van der Waals surface area contributed by atoms with Crippen LogP contribution < -0.4 is 10.9 Å². The zero-order valence-corrected chi connectivity index (χ0v) is 15.9. The van der Waals surface area contributed by atoms with E-state index in [1.54, 1.807) is 0 Å². The van der Waals surface area contributed by atoms with E-state index >= 15 is 0 Å². The van der Waals surface area contributed by atoms with E-state index in [0.717, 1.165) is 0 Å². The van der Waals surface area contributed by atoms with Crippen molar-refractivity contribution in [2.45, 2.75) is 13.7 Å². The molecule has 4 aromatic rings. The van der Waals surface area contributed by atoms with Crippen LogP contribution in [0.1, 0.15) is 5.56 Å². The molecule has 4 rings (SSSR count). The Hall–Kier alpha value is -3.06. The molecule has 0 saturated carbocycles. The smallest absolute Gasteiger partial charge is 0.0773 e. The molecule has 4 aromatic carbocycles. The molecule has 0 atom stereocenters. The molecule has 0 aromatic heterocycles. The number of rotatable bonds is 4. The van der Waals surface area contributed by atoms with Crippen molar-refractivity contribution in [3.05, 3.63) is 109 Å². The zero-order chi connectivity index (χ0) is 18.6. The first-order valence-corrected chi connectivity index (χ1v) is 9.55. The fourth-order valence-electron chi connectivity index (χ4n) is 4.00. The molecular formula is C26H23B. The van der Waals surface area contributed by atoms with E-state index in [4.69, 9.17) is 0 Å². The lowest BCUT2D eigenvalue weighted by Gasteiger charge is -2.21. The molecule has 0 amide bonds. The molecular weight excluding hydrogens is 323 g/mol. The maximum Gasteiger partial charge on any atom is 0.208 e. The monoisotopic (exact) mass is 346 g/mol. The molecule has 0 aliphatic carbocycles. The summed E-state index contributed by atoms with van der Waals surface area (Å²) in [6.07, 6.45) is 0. The van der Waals surface area contributed by atoms with Gasteiger partial charge in [-0.15, -0.1) is 0 Å². The van der Waals surface area contributed by atoms with Gasteiger partial charge in [-0.25, -0.2) is 0 Å². The third-order valence-electron chi connectivity index (χ3n) is 5.36. The molecule has 0 aliphatic heterocycles. The van der Waals surface area contributed by atoms with Gasteiger partial charge in [-0.3, -0.25) is 0 Å². The van der Waals surface area contributed by atoms with Gasteiger partial charge in [-0.05, 0) is 29.2 Å². The lowest BCUT2D eigenvalue weighted by atomic mass is 9.39. The van der Waals surface area contributed by atoms with E-state index in [-0.39, 0.29) is 0 Å². The molecule has 130 valence electrons. The van der Waals surface area contributed by atoms with Crippen molar-refractivity contribution in [3.8, 4) is 22.3 Å². The summed E-state index contributed by atoms with van der Waals surface area (Å²) in [5.74, 6) is 0. The van der Waals surface area contributed by atoms with Gasteiger partial charge >= 0.3 is 0 Å². The van der Waals surface area contributed by atoms with Crippen LogP contribution in [0.3, 0.4) is 0 Å². The quantitative estimate of drug-likeness (QED) is 0.424. The van der Waals surface area contributed by atoms with Crippen molar-refractivity contribution in [2.24, 2.45) is 0 Å². The van der Waals surface area contributed by atoms with Gasteiger partial charge in [0.15, 0.2) is 0 Å². The first-order valence-electron chi connectivity index (χ1n) is 9.55. The zero-order valence-electron chi connectivity index (χ0n) is 15.9. The fourth-order valence-corrected chi connectivity index (χ4v) is 4.00. The Morgan fingerprint density at radius 3 is 1.52 bits per heavy atom. The molecule has 0 unspecified atom stereocenters. The standard InChI is InChI=1S/C26H23B/c1-20-12-9-10-19-25(20)27(2)26-23(21-13-5-3-6-14-21)17-11-18-24(26)22-15-7-4-8-16-22/h3-19H,1-2H3. The maximum absolute atomic E-state index is 2.33. The van der Waals surface area contributed by atoms with Crippen LogP contribution in [-0.4, -0.2) is 6.71 Å². The minimum absolute atomic E-state index is 0.304. The van der Waals surface area contributed by atoms with Gasteiger partial charge in [0, 0.05) is 0 Å². The Kier molecular flexibility index (Phi) is 4.94.